The third kappa shape index (κ3) is 3.49. The fourth-order valence-electron chi connectivity index (χ4n) is 4.67. The first-order valence-electron chi connectivity index (χ1n) is 10.6. The number of nitrogens with zero attached hydrogens (tertiary/aromatic N) is 4. The highest BCUT2D eigenvalue weighted by Crippen LogP contribution is 2.39. The average molecular weight is 407 g/mol. The number of nitriles is 1. The van der Waals surface area contributed by atoms with Crippen molar-refractivity contribution >= 4 is 28.3 Å². The Morgan fingerprint density at radius 1 is 1.17 bits per heavy atom. The van der Waals surface area contributed by atoms with Crippen molar-refractivity contribution in [3.8, 4) is 11.8 Å². The summed E-state index contributed by atoms with van der Waals surface area (Å²) in [5.74, 6) is 0. The minimum Gasteiger partial charge on any atom is -0.368 e. The zero-order chi connectivity index (χ0) is 20.5. The van der Waals surface area contributed by atoms with Crippen LogP contribution in [0.1, 0.15) is 56.4 Å². The minimum absolute atomic E-state index is 0.566. The number of hydrogen-bond donors (Lipinski definition) is 0. The van der Waals surface area contributed by atoms with Gasteiger partial charge in [0.2, 0.25) is 0 Å². The van der Waals surface area contributed by atoms with Crippen LogP contribution in [0.2, 0.25) is 5.02 Å². The lowest BCUT2D eigenvalue weighted by Gasteiger charge is -2.37. The maximum absolute atomic E-state index is 9.64. The van der Waals surface area contributed by atoms with Crippen molar-refractivity contribution < 1.29 is 0 Å². The molecule has 2 aromatic heterocycles. The van der Waals surface area contributed by atoms with E-state index >= 15 is 0 Å². The molecule has 1 aromatic carbocycles. The van der Waals surface area contributed by atoms with E-state index in [0.29, 0.717) is 16.6 Å². The van der Waals surface area contributed by atoms with Crippen molar-refractivity contribution in [2.75, 3.05) is 11.4 Å². The second kappa shape index (κ2) is 8.08. The van der Waals surface area contributed by atoms with E-state index in [4.69, 9.17) is 16.6 Å². The third-order valence-electron chi connectivity index (χ3n) is 5.90. The van der Waals surface area contributed by atoms with Crippen molar-refractivity contribution in [3.05, 3.63) is 52.3 Å². The summed E-state index contributed by atoms with van der Waals surface area (Å²) in [7, 11) is 0. The van der Waals surface area contributed by atoms with Gasteiger partial charge in [-0.15, -0.1) is 0 Å². The van der Waals surface area contributed by atoms with E-state index in [2.05, 4.69) is 48.6 Å². The molecule has 0 saturated heterocycles. The molecule has 0 fully saturated rings. The Kier molecular flexibility index (Phi) is 5.52. The fourth-order valence-corrected chi connectivity index (χ4v) is 4.85. The maximum Gasteiger partial charge on any atom is 0.147 e. The SMILES string of the molecule is CCCC(CCC)N1CCc2cn(-c3ccc(Cl)cc3C#N)c3nc(C)cc1c23. The number of benzene rings is 1. The number of aromatic nitrogens is 2. The lowest BCUT2D eigenvalue weighted by molar-refractivity contribution is 0.502. The zero-order valence-electron chi connectivity index (χ0n) is 17.4. The van der Waals surface area contributed by atoms with Gasteiger partial charge in [-0.1, -0.05) is 38.3 Å². The number of aryl methyl sites for hydroxylation is 1. The van der Waals surface area contributed by atoms with Crippen LogP contribution in [-0.2, 0) is 6.42 Å². The summed E-state index contributed by atoms with van der Waals surface area (Å²) < 4.78 is 2.08. The van der Waals surface area contributed by atoms with Crippen LogP contribution in [-0.4, -0.2) is 22.1 Å². The average Bonchev–Trinajstić information content (AvgIpc) is 3.07. The predicted molar refractivity (Wildman–Crippen MR) is 120 cm³/mol. The van der Waals surface area contributed by atoms with Gasteiger partial charge in [0.15, 0.2) is 0 Å². The second-order valence-corrected chi connectivity index (χ2v) is 8.39. The quantitative estimate of drug-likeness (QED) is 0.490. The Balaban J connectivity index is 1.92. The normalized spacial score (nSPS) is 13.3. The monoisotopic (exact) mass is 406 g/mol. The van der Waals surface area contributed by atoms with E-state index < -0.39 is 0 Å². The molecule has 0 radical (unpaired) electrons. The van der Waals surface area contributed by atoms with Crippen molar-refractivity contribution in [1.29, 1.82) is 5.26 Å². The first kappa shape index (κ1) is 19.8. The zero-order valence-corrected chi connectivity index (χ0v) is 18.1. The summed E-state index contributed by atoms with van der Waals surface area (Å²) in [5, 5.41) is 11.5. The van der Waals surface area contributed by atoms with Crippen molar-refractivity contribution in [2.45, 2.75) is 58.9 Å². The van der Waals surface area contributed by atoms with Gasteiger partial charge in [-0.05, 0) is 56.0 Å². The van der Waals surface area contributed by atoms with Gasteiger partial charge in [0.25, 0.3) is 0 Å². The van der Waals surface area contributed by atoms with E-state index in [1.165, 1.54) is 42.3 Å². The van der Waals surface area contributed by atoms with Gasteiger partial charge in [-0.2, -0.15) is 5.26 Å². The Morgan fingerprint density at radius 2 is 1.93 bits per heavy atom. The first-order chi connectivity index (χ1) is 14.1. The summed E-state index contributed by atoms with van der Waals surface area (Å²) in [6.45, 7) is 7.63. The smallest absolute Gasteiger partial charge is 0.147 e. The van der Waals surface area contributed by atoms with Crippen molar-refractivity contribution in [2.24, 2.45) is 0 Å². The highest BCUT2D eigenvalue weighted by Gasteiger charge is 2.28. The summed E-state index contributed by atoms with van der Waals surface area (Å²) in [4.78, 5) is 7.50. The highest BCUT2D eigenvalue weighted by molar-refractivity contribution is 6.30. The van der Waals surface area contributed by atoms with Crippen LogP contribution in [0.15, 0.2) is 30.5 Å². The van der Waals surface area contributed by atoms with Gasteiger partial charge in [0.1, 0.15) is 11.7 Å². The van der Waals surface area contributed by atoms with Crippen LogP contribution < -0.4 is 4.90 Å². The molecular formula is C24H27ClN4. The lowest BCUT2D eigenvalue weighted by Crippen LogP contribution is -2.38. The molecular weight excluding hydrogens is 380 g/mol. The Morgan fingerprint density at radius 3 is 2.62 bits per heavy atom. The van der Waals surface area contributed by atoms with E-state index in [9.17, 15) is 5.26 Å². The molecule has 0 unspecified atom stereocenters. The molecule has 4 nitrogen and oxygen atoms in total. The molecule has 0 atom stereocenters. The summed E-state index contributed by atoms with van der Waals surface area (Å²) in [6, 6.07) is 10.6. The van der Waals surface area contributed by atoms with Crippen LogP contribution in [0.25, 0.3) is 16.7 Å². The minimum atomic E-state index is 0.566. The van der Waals surface area contributed by atoms with Gasteiger partial charge in [-0.3, -0.25) is 4.57 Å². The van der Waals surface area contributed by atoms with E-state index in [0.717, 1.165) is 30.0 Å². The molecule has 3 aromatic rings. The standard InChI is InChI=1S/C24H27ClN4/c1-4-6-20(7-5-2)28-11-10-17-15-29(21-9-8-19(25)13-18(21)14-26)24-23(17)22(28)12-16(3)27-24/h8-9,12-13,15,20H,4-7,10-11H2,1-3H3. The summed E-state index contributed by atoms with van der Waals surface area (Å²) in [6.07, 6.45) is 7.97. The highest BCUT2D eigenvalue weighted by atomic mass is 35.5. The van der Waals surface area contributed by atoms with Crippen molar-refractivity contribution in [3.63, 3.8) is 0 Å². The Labute approximate surface area is 177 Å². The topological polar surface area (TPSA) is 44.9 Å². The predicted octanol–water partition coefficient (Wildman–Crippen LogP) is 6.19. The number of pyridine rings is 1. The van der Waals surface area contributed by atoms with Crippen LogP contribution in [0, 0.1) is 18.3 Å². The van der Waals surface area contributed by atoms with Gasteiger partial charge < -0.3 is 4.90 Å². The molecule has 4 rings (SSSR count). The largest absolute Gasteiger partial charge is 0.368 e. The van der Waals surface area contributed by atoms with Crippen LogP contribution in [0.4, 0.5) is 5.69 Å². The van der Waals surface area contributed by atoms with E-state index in [1.54, 1.807) is 6.07 Å². The van der Waals surface area contributed by atoms with Crippen molar-refractivity contribution in [1.82, 2.24) is 9.55 Å². The number of halogens is 1. The molecule has 29 heavy (non-hydrogen) atoms. The summed E-state index contributed by atoms with van der Waals surface area (Å²) in [5.41, 5.74) is 5.95. The lowest BCUT2D eigenvalue weighted by atomic mass is 9.98. The maximum atomic E-state index is 9.64. The first-order valence-corrected chi connectivity index (χ1v) is 10.9. The van der Waals surface area contributed by atoms with E-state index in [-0.39, 0.29) is 0 Å². The van der Waals surface area contributed by atoms with Gasteiger partial charge in [0, 0.05) is 34.9 Å². The molecule has 1 aliphatic heterocycles. The fraction of sp³-hybridized carbons (Fsp3) is 0.417. The number of rotatable bonds is 6. The van der Waals surface area contributed by atoms with Crippen LogP contribution >= 0.6 is 11.6 Å². The van der Waals surface area contributed by atoms with E-state index in [1.807, 2.05) is 12.1 Å². The molecule has 0 aliphatic carbocycles. The van der Waals surface area contributed by atoms with Gasteiger partial charge in [0.05, 0.1) is 16.9 Å². The molecule has 0 bridgehead atoms. The van der Waals surface area contributed by atoms with Crippen LogP contribution in [0.5, 0.6) is 0 Å². The third-order valence-corrected chi connectivity index (χ3v) is 6.13. The molecule has 0 N–H and O–H groups in total. The Bertz CT molecular complexity index is 1090. The molecule has 0 saturated carbocycles. The molecule has 0 amide bonds. The molecule has 150 valence electrons. The second-order valence-electron chi connectivity index (χ2n) is 7.95. The summed E-state index contributed by atoms with van der Waals surface area (Å²) >= 11 is 6.12. The number of anilines is 1. The van der Waals surface area contributed by atoms with Gasteiger partial charge >= 0.3 is 0 Å². The number of hydrogen-bond acceptors (Lipinski definition) is 3. The van der Waals surface area contributed by atoms with Crippen LogP contribution in [0.3, 0.4) is 0 Å². The Hall–Kier alpha value is -2.51. The van der Waals surface area contributed by atoms with Gasteiger partial charge in [-0.25, -0.2) is 4.98 Å². The molecule has 3 heterocycles. The molecule has 5 heteroatoms. The molecule has 0 spiro atoms. The molecule has 1 aliphatic rings.